The molecule has 0 atom stereocenters. The second-order valence-corrected chi connectivity index (χ2v) is 7.67. The molecule has 0 radical (unpaired) electrons. The van der Waals surface area contributed by atoms with Crippen LogP contribution in [0.4, 0.5) is 17.1 Å². The lowest BCUT2D eigenvalue weighted by atomic mass is 9.95. The topological polar surface area (TPSA) is 93.4 Å². The number of methoxy groups -OCH3 is 1. The summed E-state index contributed by atoms with van der Waals surface area (Å²) in [6.45, 7) is 7.38. The zero-order valence-corrected chi connectivity index (χ0v) is 18.0. The molecule has 0 aliphatic carbocycles. The van der Waals surface area contributed by atoms with Crippen LogP contribution in [-0.2, 0) is 4.79 Å². The quantitative estimate of drug-likeness (QED) is 0.607. The van der Waals surface area contributed by atoms with E-state index in [9.17, 15) is 9.59 Å². The molecule has 0 fully saturated rings. The number of hydrogen-bond donors (Lipinski definition) is 3. The molecule has 2 aromatic carbocycles. The Morgan fingerprint density at radius 2 is 1.75 bits per heavy atom. The van der Waals surface area contributed by atoms with Gasteiger partial charge in [0.1, 0.15) is 5.75 Å². The number of aryl methyl sites for hydroxylation is 1. The van der Waals surface area contributed by atoms with Crippen molar-refractivity contribution in [3.63, 3.8) is 0 Å². The zero-order valence-electron chi connectivity index (χ0n) is 16.5. The lowest BCUT2D eigenvalue weighted by Crippen LogP contribution is -2.28. The van der Waals surface area contributed by atoms with Gasteiger partial charge in [0.25, 0.3) is 5.91 Å². The van der Waals surface area contributed by atoms with Crippen LogP contribution in [0.2, 0.25) is 5.02 Å². The Kier molecular flexibility index (Phi) is 7.73. The third-order valence-corrected chi connectivity index (χ3v) is 4.32. The highest BCUT2D eigenvalue weighted by molar-refractivity contribution is 6.33. The Labute approximate surface area is 176 Å². The smallest absolute Gasteiger partial charge is 0.259 e. The van der Waals surface area contributed by atoms with Gasteiger partial charge in [-0.15, -0.1) is 12.4 Å². The van der Waals surface area contributed by atoms with Gasteiger partial charge in [-0.2, -0.15) is 0 Å². The molecule has 0 bridgehead atoms. The van der Waals surface area contributed by atoms with Gasteiger partial charge in [-0.25, -0.2) is 0 Å². The number of rotatable bonds is 4. The Morgan fingerprint density at radius 3 is 2.32 bits per heavy atom. The molecule has 152 valence electrons. The van der Waals surface area contributed by atoms with E-state index in [-0.39, 0.29) is 28.9 Å². The summed E-state index contributed by atoms with van der Waals surface area (Å²) in [6.07, 6.45) is 0. The molecule has 0 aromatic heterocycles. The highest BCUT2D eigenvalue weighted by Crippen LogP contribution is 2.30. The lowest BCUT2D eigenvalue weighted by molar-refractivity contribution is -0.123. The Hall–Kier alpha value is -2.44. The van der Waals surface area contributed by atoms with Crippen molar-refractivity contribution in [2.75, 3.05) is 23.5 Å². The molecule has 4 N–H and O–H groups in total. The summed E-state index contributed by atoms with van der Waals surface area (Å²) >= 11 is 6.03. The fourth-order valence-electron chi connectivity index (χ4n) is 2.26. The molecule has 2 aromatic rings. The van der Waals surface area contributed by atoms with Crippen LogP contribution in [-0.4, -0.2) is 18.9 Å². The molecule has 0 spiro atoms. The lowest BCUT2D eigenvalue weighted by Gasteiger charge is -2.19. The summed E-state index contributed by atoms with van der Waals surface area (Å²) in [6, 6.07) is 8.25. The van der Waals surface area contributed by atoms with Crippen LogP contribution in [0.3, 0.4) is 0 Å². The molecule has 0 heterocycles. The van der Waals surface area contributed by atoms with Crippen LogP contribution < -0.4 is 21.1 Å². The number of carbonyl (C=O) groups excluding carboxylic acids is 2. The fourth-order valence-corrected chi connectivity index (χ4v) is 2.42. The number of nitrogens with two attached hydrogens (primary N) is 1. The maximum Gasteiger partial charge on any atom is 0.259 e. The van der Waals surface area contributed by atoms with Crippen molar-refractivity contribution in [3.05, 3.63) is 46.5 Å². The summed E-state index contributed by atoms with van der Waals surface area (Å²) in [5.74, 6) is -0.186. The minimum absolute atomic E-state index is 0. The van der Waals surface area contributed by atoms with Gasteiger partial charge in [0, 0.05) is 22.9 Å². The summed E-state index contributed by atoms with van der Waals surface area (Å²) in [7, 11) is 1.45. The van der Waals surface area contributed by atoms with E-state index in [4.69, 9.17) is 22.1 Å². The number of benzene rings is 2. The van der Waals surface area contributed by atoms with E-state index < -0.39 is 11.3 Å². The largest absolute Gasteiger partial charge is 0.496 e. The van der Waals surface area contributed by atoms with Gasteiger partial charge in [0.15, 0.2) is 0 Å². The van der Waals surface area contributed by atoms with Gasteiger partial charge in [-0.1, -0.05) is 38.4 Å². The monoisotopic (exact) mass is 425 g/mol. The number of anilines is 3. The fraction of sp³-hybridized carbons (Fsp3) is 0.300. The average Bonchev–Trinajstić information content (AvgIpc) is 2.58. The summed E-state index contributed by atoms with van der Waals surface area (Å²) in [5.41, 5.74) is 7.87. The van der Waals surface area contributed by atoms with Gasteiger partial charge in [0.2, 0.25) is 5.91 Å². The number of halogens is 2. The van der Waals surface area contributed by atoms with Gasteiger partial charge in [-0.3, -0.25) is 9.59 Å². The molecule has 2 rings (SSSR count). The van der Waals surface area contributed by atoms with Crippen LogP contribution >= 0.6 is 24.0 Å². The summed E-state index contributed by atoms with van der Waals surface area (Å²) in [5, 5.41) is 5.95. The van der Waals surface area contributed by atoms with Gasteiger partial charge < -0.3 is 21.1 Å². The second kappa shape index (κ2) is 9.17. The number of hydrogen-bond acceptors (Lipinski definition) is 4. The SMILES string of the molecule is COc1cc(N)c(Cl)cc1C(=O)Nc1ccc(C)c(NC(=O)C(C)(C)C)c1.Cl. The molecular weight excluding hydrogens is 401 g/mol. The molecule has 0 saturated heterocycles. The average molecular weight is 426 g/mol. The number of carbonyl (C=O) groups is 2. The minimum atomic E-state index is -0.528. The first kappa shape index (κ1) is 23.6. The molecule has 0 saturated carbocycles. The Bertz CT molecular complexity index is 893. The highest BCUT2D eigenvalue weighted by Gasteiger charge is 2.22. The minimum Gasteiger partial charge on any atom is -0.496 e. The van der Waals surface area contributed by atoms with Crippen molar-refractivity contribution in [2.45, 2.75) is 27.7 Å². The Balaban J connectivity index is 0.00000392. The molecule has 2 amide bonds. The summed E-state index contributed by atoms with van der Waals surface area (Å²) in [4.78, 5) is 24.9. The first-order chi connectivity index (χ1) is 12.5. The second-order valence-electron chi connectivity index (χ2n) is 7.26. The third kappa shape index (κ3) is 5.53. The van der Waals surface area contributed by atoms with E-state index in [0.29, 0.717) is 22.8 Å². The number of amides is 2. The van der Waals surface area contributed by atoms with Gasteiger partial charge in [-0.05, 0) is 30.7 Å². The first-order valence-electron chi connectivity index (χ1n) is 8.39. The first-order valence-corrected chi connectivity index (χ1v) is 8.77. The molecule has 0 unspecified atom stereocenters. The van der Waals surface area contributed by atoms with Crippen LogP contribution in [0.1, 0.15) is 36.7 Å². The van der Waals surface area contributed by atoms with E-state index >= 15 is 0 Å². The van der Waals surface area contributed by atoms with E-state index in [1.54, 1.807) is 12.1 Å². The van der Waals surface area contributed by atoms with Crippen molar-refractivity contribution in [1.82, 2.24) is 0 Å². The molecule has 0 aliphatic heterocycles. The summed E-state index contributed by atoms with van der Waals surface area (Å²) < 4.78 is 5.22. The van der Waals surface area contributed by atoms with Gasteiger partial charge in [0.05, 0.1) is 23.4 Å². The number of nitrogens with one attached hydrogen (secondary N) is 2. The van der Waals surface area contributed by atoms with Crippen molar-refractivity contribution in [1.29, 1.82) is 0 Å². The molecule has 8 heteroatoms. The van der Waals surface area contributed by atoms with Crippen LogP contribution in [0.15, 0.2) is 30.3 Å². The number of nitrogen functional groups attached to an aromatic ring is 1. The van der Waals surface area contributed by atoms with Crippen LogP contribution in [0.25, 0.3) is 0 Å². The predicted molar refractivity (Wildman–Crippen MR) is 117 cm³/mol. The zero-order chi connectivity index (χ0) is 20.4. The van der Waals surface area contributed by atoms with E-state index in [2.05, 4.69) is 10.6 Å². The third-order valence-electron chi connectivity index (χ3n) is 3.99. The molecule has 28 heavy (non-hydrogen) atoms. The van der Waals surface area contributed by atoms with Crippen LogP contribution in [0.5, 0.6) is 5.75 Å². The molecule has 0 aliphatic rings. The maximum atomic E-state index is 12.7. The van der Waals surface area contributed by atoms with Crippen molar-refractivity contribution in [3.8, 4) is 5.75 Å². The van der Waals surface area contributed by atoms with Crippen molar-refractivity contribution in [2.24, 2.45) is 5.41 Å². The Morgan fingerprint density at radius 1 is 1.11 bits per heavy atom. The van der Waals surface area contributed by atoms with Crippen molar-refractivity contribution >= 4 is 52.9 Å². The van der Waals surface area contributed by atoms with E-state index in [1.807, 2.05) is 33.8 Å². The van der Waals surface area contributed by atoms with Crippen LogP contribution in [0, 0.1) is 12.3 Å². The molecule has 6 nitrogen and oxygen atoms in total. The van der Waals surface area contributed by atoms with Crippen molar-refractivity contribution < 1.29 is 14.3 Å². The standard InChI is InChI=1S/C20H24ClN3O3.ClH/c1-11-6-7-12(8-16(11)24-19(26)20(2,3)4)23-18(25)13-9-14(21)15(22)10-17(13)27-5;/h6-10H,22H2,1-5H3,(H,23,25)(H,24,26);1H. The normalized spacial score (nSPS) is 10.6. The van der Waals surface area contributed by atoms with E-state index in [0.717, 1.165) is 5.56 Å². The van der Waals surface area contributed by atoms with Gasteiger partial charge >= 0.3 is 0 Å². The molecular formula is C20H25Cl2N3O3. The maximum absolute atomic E-state index is 12.7. The predicted octanol–water partition coefficient (Wildman–Crippen LogP) is 4.90. The van der Waals surface area contributed by atoms with E-state index in [1.165, 1.54) is 19.2 Å². The highest BCUT2D eigenvalue weighted by atomic mass is 35.5. The number of ether oxygens (including phenoxy) is 1.